The fraction of sp³-hybridized carbons (Fsp3) is 0.0741. The molecule has 168 valence electrons. The predicted molar refractivity (Wildman–Crippen MR) is 131 cm³/mol. The second kappa shape index (κ2) is 8.37. The highest BCUT2D eigenvalue weighted by molar-refractivity contribution is 5.94. The molecule has 0 saturated carbocycles. The van der Waals surface area contributed by atoms with Crippen molar-refractivity contribution in [3.8, 4) is 50.8 Å². The minimum absolute atomic E-state index is 0.0719. The Bertz CT molecular complexity index is 1590. The molecule has 0 aliphatic rings. The number of H-pyrrole nitrogens is 1. The van der Waals surface area contributed by atoms with E-state index >= 15 is 0 Å². The smallest absolute Gasteiger partial charge is 0.261 e. The zero-order chi connectivity index (χ0) is 23.8. The molecular weight excluding hydrogens is 430 g/mol. The maximum Gasteiger partial charge on any atom is 0.261 e. The van der Waals surface area contributed by atoms with Crippen LogP contribution in [0.1, 0.15) is 5.82 Å². The van der Waals surface area contributed by atoms with Crippen molar-refractivity contribution in [1.82, 2.24) is 15.0 Å². The number of nitrogens with one attached hydrogen (secondary N) is 1. The van der Waals surface area contributed by atoms with Gasteiger partial charge in [0.2, 0.25) is 0 Å². The monoisotopic (exact) mass is 451 g/mol. The van der Waals surface area contributed by atoms with Crippen LogP contribution in [-0.2, 0) is 0 Å². The maximum absolute atomic E-state index is 12.8. The SMILES string of the molecule is COc1cccc(-c2cc(-c3ccc(-c4cc(O)ccc4O)cc3)nc3nc(C)[nH]c(=O)c23)c1. The quantitative estimate of drug-likeness (QED) is 0.330. The van der Waals surface area contributed by atoms with Gasteiger partial charge >= 0.3 is 0 Å². The van der Waals surface area contributed by atoms with Gasteiger partial charge in [0.15, 0.2) is 5.65 Å². The Morgan fingerprint density at radius 2 is 1.59 bits per heavy atom. The number of pyridine rings is 1. The van der Waals surface area contributed by atoms with Crippen molar-refractivity contribution in [1.29, 1.82) is 0 Å². The Kier molecular flexibility index (Phi) is 5.22. The summed E-state index contributed by atoms with van der Waals surface area (Å²) >= 11 is 0. The first kappa shape index (κ1) is 21.2. The molecule has 0 aliphatic carbocycles. The first-order chi connectivity index (χ1) is 16.4. The van der Waals surface area contributed by atoms with Crippen molar-refractivity contribution in [3.05, 3.63) is 89.0 Å². The summed E-state index contributed by atoms with van der Waals surface area (Å²) in [4.78, 5) is 24.8. The number of phenolic OH excluding ortho intramolecular Hbond substituents is 2. The number of aromatic nitrogens is 3. The molecule has 7 nitrogen and oxygen atoms in total. The number of aromatic hydroxyl groups is 2. The Hall–Kier alpha value is -4.65. The van der Waals surface area contributed by atoms with E-state index in [2.05, 4.69) is 15.0 Å². The van der Waals surface area contributed by atoms with E-state index in [-0.39, 0.29) is 17.1 Å². The number of methoxy groups -OCH3 is 1. The van der Waals surface area contributed by atoms with Crippen molar-refractivity contribution in [2.24, 2.45) is 0 Å². The second-order valence-electron chi connectivity index (χ2n) is 7.92. The molecule has 34 heavy (non-hydrogen) atoms. The van der Waals surface area contributed by atoms with Gasteiger partial charge in [0, 0.05) is 16.7 Å². The summed E-state index contributed by atoms with van der Waals surface area (Å²) < 4.78 is 5.37. The summed E-state index contributed by atoms with van der Waals surface area (Å²) in [5.41, 5.74) is 4.34. The fourth-order valence-corrected chi connectivity index (χ4v) is 3.99. The van der Waals surface area contributed by atoms with Crippen LogP contribution < -0.4 is 10.3 Å². The lowest BCUT2D eigenvalue weighted by Crippen LogP contribution is -2.12. The Morgan fingerprint density at radius 3 is 2.35 bits per heavy atom. The van der Waals surface area contributed by atoms with Gasteiger partial charge < -0.3 is 19.9 Å². The Morgan fingerprint density at radius 1 is 0.824 bits per heavy atom. The topological polar surface area (TPSA) is 108 Å². The van der Waals surface area contributed by atoms with Crippen LogP contribution >= 0.6 is 0 Å². The second-order valence-corrected chi connectivity index (χ2v) is 7.92. The molecule has 0 saturated heterocycles. The average molecular weight is 451 g/mol. The molecule has 0 radical (unpaired) electrons. The van der Waals surface area contributed by atoms with Gasteiger partial charge in [-0.1, -0.05) is 36.4 Å². The van der Waals surface area contributed by atoms with Crippen molar-refractivity contribution in [3.63, 3.8) is 0 Å². The summed E-state index contributed by atoms with van der Waals surface area (Å²) in [6.45, 7) is 1.72. The van der Waals surface area contributed by atoms with Crippen LogP contribution in [0, 0.1) is 6.92 Å². The van der Waals surface area contributed by atoms with E-state index in [1.807, 2.05) is 54.6 Å². The van der Waals surface area contributed by atoms with Gasteiger partial charge in [-0.3, -0.25) is 4.79 Å². The van der Waals surface area contributed by atoms with Crippen molar-refractivity contribution in [2.45, 2.75) is 6.92 Å². The third-order valence-corrected chi connectivity index (χ3v) is 5.65. The van der Waals surface area contributed by atoms with Crippen LogP contribution in [-0.4, -0.2) is 32.3 Å². The molecule has 0 unspecified atom stereocenters. The van der Waals surface area contributed by atoms with Gasteiger partial charge in [0.05, 0.1) is 18.2 Å². The van der Waals surface area contributed by atoms with Gasteiger partial charge in [0.1, 0.15) is 23.1 Å². The molecule has 0 spiro atoms. The molecule has 3 aromatic carbocycles. The standard InChI is InChI=1S/C27H21N3O4/c1-15-28-26-25(27(33)29-15)22(18-4-3-5-20(12-18)34-2)14-23(30-26)17-8-6-16(7-9-17)21-13-19(31)10-11-24(21)32/h3-14,31-32H,1-2H3,(H,28,29,30,33). The summed E-state index contributed by atoms with van der Waals surface area (Å²) in [7, 11) is 1.60. The van der Waals surface area contributed by atoms with E-state index in [1.54, 1.807) is 14.0 Å². The van der Waals surface area contributed by atoms with Crippen molar-refractivity contribution < 1.29 is 14.9 Å². The van der Waals surface area contributed by atoms with E-state index < -0.39 is 0 Å². The molecule has 0 fully saturated rings. The Labute approximate surface area is 195 Å². The number of fused-ring (bicyclic) bond motifs is 1. The number of phenols is 2. The van der Waals surface area contributed by atoms with E-state index in [1.165, 1.54) is 18.2 Å². The molecule has 3 N–H and O–H groups in total. The molecule has 0 aliphatic heterocycles. The van der Waals surface area contributed by atoms with Crippen molar-refractivity contribution in [2.75, 3.05) is 7.11 Å². The Balaban J connectivity index is 1.68. The molecule has 2 aromatic heterocycles. The maximum atomic E-state index is 12.8. The van der Waals surface area contributed by atoms with Crippen LogP contribution in [0.15, 0.2) is 77.6 Å². The summed E-state index contributed by atoms with van der Waals surface area (Å²) in [6.07, 6.45) is 0. The highest BCUT2D eigenvalue weighted by atomic mass is 16.5. The lowest BCUT2D eigenvalue weighted by atomic mass is 9.98. The highest BCUT2D eigenvalue weighted by Crippen LogP contribution is 2.35. The average Bonchev–Trinajstić information content (AvgIpc) is 2.84. The number of hydrogen-bond acceptors (Lipinski definition) is 6. The van der Waals surface area contributed by atoms with Gasteiger partial charge in [-0.15, -0.1) is 0 Å². The van der Waals surface area contributed by atoms with Crippen LogP contribution in [0.2, 0.25) is 0 Å². The summed E-state index contributed by atoms with van der Waals surface area (Å²) in [5.74, 6) is 1.31. The third-order valence-electron chi connectivity index (χ3n) is 5.65. The zero-order valence-electron chi connectivity index (χ0n) is 18.5. The first-order valence-electron chi connectivity index (χ1n) is 10.6. The minimum Gasteiger partial charge on any atom is -0.508 e. The number of rotatable bonds is 4. The van der Waals surface area contributed by atoms with Crippen molar-refractivity contribution >= 4 is 11.0 Å². The number of nitrogens with zero attached hydrogens (tertiary/aromatic N) is 2. The normalized spacial score (nSPS) is 11.0. The molecule has 2 heterocycles. The minimum atomic E-state index is -0.255. The van der Waals surface area contributed by atoms with Gasteiger partial charge in [-0.2, -0.15) is 0 Å². The first-order valence-corrected chi connectivity index (χ1v) is 10.6. The molecule has 5 rings (SSSR count). The van der Waals surface area contributed by atoms with E-state index in [4.69, 9.17) is 4.74 Å². The molecular formula is C27H21N3O4. The number of aromatic amines is 1. The van der Waals surface area contributed by atoms with Crippen LogP contribution in [0.25, 0.3) is 44.5 Å². The van der Waals surface area contributed by atoms with E-state index in [0.29, 0.717) is 39.4 Å². The third kappa shape index (κ3) is 3.84. The lowest BCUT2D eigenvalue weighted by molar-refractivity contribution is 0.415. The van der Waals surface area contributed by atoms with Crippen LogP contribution in [0.5, 0.6) is 17.2 Å². The molecule has 0 atom stereocenters. The van der Waals surface area contributed by atoms with E-state index in [0.717, 1.165) is 16.7 Å². The molecule has 7 heteroatoms. The van der Waals surface area contributed by atoms with Gasteiger partial charge in [-0.05, 0) is 54.4 Å². The van der Waals surface area contributed by atoms with Crippen LogP contribution in [0.4, 0.5) is 0 Å². The van der Waals surface area contributed by atoms with E-state index in [9.17, 15) is 15.0 Å². The molecule has 0 bridgehead atoms. The molecule has 0 amide bonds. The summed E-state index contributed by atoms with van der Waals surface area (Å²) in [6, 6.07) is 21.2. The number of aryl methyl sites for hydroxylation is 1. The fourth-order valence-electron chi connectivity index (χ4n) is 3.99. The number of ether oxygens (including phenoxy) is 1. The number of hydrogen-bond donors (Lipinski definition) is 3. The number of benzene rings is 3. The largest absolute Gasteiger partial charge is 0.508 e. The lowest BCUT2D eigenvalue weighted by Gasteiger charge is -2.11. The van der Waals surface area contributed by atoms with Crippen LogP contribution in [0.3, 0.4) is 0 Å². The van der Waals surface area contributed by atoms with Gasteiger partial charge in [0.25, 0.3) is 5.56 Å². The predicted octanol–water partition coefficient (Wildman–Crippen LogP) is 5.05. The summed E-state index contributed by atoms with van der Waals surface area (Å²) in [5, 5.41) is 20.4. The highest BCUT2D eigenvalue weighted by Gasteiger charge is 2.15. The van der Waals surface area contributed by atoms with Gasteiger partial charge in [-0.25, -0.2) is 9.97 Å². The zero-order valence-corrected chi connectivity index (χ0v) is 18.5. The molecule has 5 aromatic rings.